The molecule has 0 aromatic heterocycles. The number of rotatable bonds is 6. The Kier molecular flexibility index (Phi) is 5.14. The smallest absolute Gasteiger partial charge is 0.293 e. The highest BCUT2D eigenvalue weighted by atomic mass is 16.6. The van der Waals surface area contributed by atoms with Crippen LogP contribution in [-0.2, 0) is 0 Å². The quantitative estimate of drug-likeness (QED) is 0.572. The Labute approximate surface area is 163 Å². The van der Waals surface area contributed by atoms with Crippen molar-refractivity contribution in [1.82, 2.24) is 0 Å². The average molecular weight is 380 g/mol. The molecule has 0 radical (unpaired) electrons. The predicted molar refractivity (Wildman–Crippen MR) is 110 cm³/mol. The largest absolute Gasteiger partial charge is 0.377 e. The summed E-state index contributed by atoms with van der Waals surface area (Å²) in [6, 6.07) is 12.6. The van der Waals surface area contributed by atoms with Gasteiger partial charge in [-0.15, -0.1) is 0 Å². The number of hydrogen-bond donors (Lipinski definition) is 2. The normalized spacial score (nSPS) is 16.5. The van der Waals surface area contributed by atoms with E-state index in [0.29, 0.717) is 11.7 Å². The third-order valence-electron chi connectivity index (χ3n) is 5.24. The molecule has 28 heavy (non-hydrogen) atoms. The lowest BCUT2D eigenvalue weighted by Gasteiger charge is -2.30. The van der Waals surface area contributed by atoms with E-state index in [1.165, 1.54) is 12.5 Å². The number of carbonyl (C=O) groups is 1. The molecule has 2 aliphatic rings. The number of nitrogens with one attached hydrogen (secondary N) is 2. The molecular formula is C21H24N4O3. The molecule has 146 valence electrons. The molecule has 1 amide bonds. The molecule has 1 aliphatic heterocycles. The van der Waals surface area contributed by atoms with Gasteiger partial charge in [-0.25, -0.2) is 0 Å². The van der Waals surface area contributed by atoms with Crippen LogP contribution in [0.2, 0.25) is 0 Å². The Morgan fingerprint density at radius 3 is 2.50 bits per heavy atom. The van der Waals surface area contributed by atoms with E-state index < -0.39 is 4.92 Å². The zero-order valence-corrected chi connectivity index (χ0v) is 15.7. The minimum absolute atomic E-state index is 0.0659. The molecule has 0 bridgehead atoms. The van der Waals surface area contributed by atoms with Crippen molar-refractivity contribution in [3.63, 3.8) is 0 Å². The Morgan fingerprint density at radius 2 is 1.79 bits per heavy atom. The van der Waals surface area contributed by atoms with Gasteiger partial charge in [0.1, 0.15) is 5.69 Å². The van der Waals surface area contributed by atoms with E-state index in [-0.39, 0.29) is 17.2 Å². The lowest BCUT2D eigenvalue weighted by Crippen LogP contribution is -2.30. The molecule has 2 fully saturated rings. The van der Waals surface area contributed by atoms with Crippen molar-refractivity contribution in [2.45, 2.75) is 38.1 Å². The summed E-state index contributed by atoms with van der Waals surface area (Å²) in [6.07, 6.45) is 5.56. The summed E-state index contributed by atoms with van der Waals surface area (Å²) in [7, 11) is 0. The molecule has 1 aliphatic carbocycles. The van der Waals surface area contributed by atoms with Gasteiger partial charge in [0, 0.05) is 30.8 Å². The van der Waals surface area contributed by atoms with Gasteiger partial charge in [0.25, 0.3) is 11.6 Å². The number of nitro groups is 1. The zero-order valence-electron chi connectivity index (χ0n) is 15.7. The van der Waals surface area contributed by atoms with Crippen LogP contribution >= 0.6 is 0 Å². The fourth-order valence-electron chi connectivity index (χ4n) is 3.58. The molecule has 7 heteroatoms. The van der Waals surface area contributed by atoms with Crippen molar-refractivity contribution in [2.24, 2.45) is 0 Å². The van der Waals surface area contributed by atoms with Gasteiger partial charge in [0.05, 0.1) is 16.3 Å². The highest BCUT2D eigenvalue weighted by Crippen LogP contribution is 2.32. The van der Waals surface area contributed by atoms with Crippen molar-refractivity contribution in [2.75, 3.05) is 28.6 Å². The molecule has 2 aromatic carbocycles. The first kappa shape index (κ1) is 18.3. The van der Waals surface area contributed by atoms with Crippen LogP contribution in [-0.4, -0.2) is 30.0 Å². The van der Waals surface area contributed by atoms with Gasteiger partial charge in [-0.2, -0.15) is 0 Å². The number of nitrogens with zero attached hydrogens (tertiary/aromatic N) is 2. The molecule has 0 atom stereocenters. The molecule has 4 rings (SSSR count). The first-order valence-corrected chi connectivity index (χ1v) is 9.82. The van der Waals surface area contributed by atoms with Crippen LogP contribution in [0.15, 0.2) is 42.5 Å². The van der Waals surface area contributed by atoms with Crippen molar-refractivity contribution >= 4 is 28.7 Å². The zero-order chi connectivity index (χ0) is 19.5. The molecule has 2 aromatic rings. The van der Waals surface area contributed by atoms with Gasteiger partial charge in [-0.1, -0.05) is 12.1 Å². The van der Waals surface area contributed by atoms with Crippen molar-refractivity contribution < 1.29 is 9.72 Å². The highest BCUT2D eigenvalue weighted by molar-refractivity contribution is 6.06. The highest BCUT2D eigenvalue weighted by Gasteiger charge is 2.26. The average Bonchev–Trinajstić information content (AvgIpc) is 3.53. The fraction of sp³-hybridized carbons (Fsp3) is 0.381. The summed E-state index contributed by atoms with van der Waals surface area (Å²) >= 11 is 0. The first-order chi connectivity index (χ1) is 13.6. The predicted octanol–water partition coefficient (Wildman–Crippen LogP) is 4.41. The van der Waals surface area contributed by atoms with E-state index >= 15 is 0 Å². The third kappa shape index (κ3) is 4.08. The molecule has 0 spiro atoms. The molecular weight excluding hydrogens is 356 g/mol. The molecule has 1 saturated heterocycles. The summed E-state index contributed by atoms with van der Waals surface area (Å²) in [6.45, 7) is 1.94. The topological polar surface area (TPSA) is 87.5 Å². The van der Waals surface area contributed by atoms with Crippen LogP contribution in [0.5, 0.6) is 0 Å². The fourth-order valence-corrected chi connectivity index (χ4v) is 3.58. The maximum atomic E-state index is 12.8. The number of carbonyl (C=O) groups excluding carboxylic acids is 1. The van der Waals surface area contributed by atoms with Crippen molar-refractivity contribution in [3.05, 3.63) is 58.1 Å². The van der Waals surface area contributed by atoms with E-state index in [9.17, 15) is 14.9 Å². The Balaban J connectivity index is 1.55. The van der Waals surface area contributed by atoms with Crippen LogP contribution < -0.4 is 15.5 Å². The summed E-state index contributed by atoms with van der Waals surface area (Å²) in [4.78, 5) is 26.1. The summed E-state index contributed by atoms with van der Waals surface area (Å²) in [5.41, 5.74) is 2.41. The number of nitro benzene ring substituents is 1. The second-order valence-corrected chi connectivity index (χ2v) is 7.43. The van der Waals surface area contributed by atoms with Gasteiger partial charge in [0.15, 0.2) is 0 Å². The maximum absolute atomic E-state index is 12.8. The lowest BCUT2D eigenvalue weighted by atomic mass is 10.1. The molecule has 1 heterocycles. The van der Waals surface area contributed by atoms with E-state index in [0.717, 1.165) is 50.1 Å². The van der Waals surface area contributed by atoms with E-state index in [1.807, 2.05) is 24.3 Å². The minimum atomic E-state index is -0.441. The molecule has 7 nitrogen and oxygen atoms in total. The number of para-hydroxylation sites is 2. The Bertz CT molecular complexity index is 889. The van der Waals surface area contributed by atoms with E-state index in [1.54, 1.807) is 12.1 Å². The third-order valence-corrected chi connectivity index (χ3v) is 5.24. The Morgan fingerprint density at radius 1 is 1.04 bits per heavy atom. The van der Waals surface area contributed by atoms with Gasteiger partial charge in [0.2, 0.25) is 0 Å². The molecule has 1 saturated carbocycles. The first-order valence-electron chi connectivity index (χ1n) is 9.82. The van der Waals surface area contributed by atoms with Gasteiger partial charge >= 0.3 is 0 Å². The summed E-state index contributed by atoms with van der Waals surface area (Å²) in [5.74, 6) is -0.342. The van der Waals surface area contributed by atoms with E-state index in [4.69, 9.17) is 0 Å². The number of benzene rings is 2. The second-order valence-electron chi connectivity index (χ2n) is 7.43. The lowest BCUT2D eigenvalue weighted by molar-refractivity contribution is -0.384. The van der Waals surface area contributed by atoms with Crippen LogP contribution in [0.3, 0.4) is 0 Å². The van der Waals surface area contributed by atoms with Crippen molar-refractivity contribution in [1.29, 1.82) is 0 Å². The van der Waals surface area contributed by atoms with Crippen LogP contribution in [0, 0.1) is 10.1 Å². The molecule has 0 unspecified atom stereocenters. The number of piperidine rings is 1. The monoisotopic (exact) mass is 380 g/mol. The maximum Gasteiger partial charge on any atom is 0.293 e. The van der Waals surface area contributed by atoms with Gasteiger partial charge < -0.3 is 15.5 Å². The number of amides is 1. The van der Waals surface area contributed by atoms with E-state index in [2.05, 4.69) is 15.5 Å². The van der Waals surface area contributed by atoms with Crippen LogP contribution in [0.25, 0.3) is 0 Å². The van der Waals surface area contributed by atoms with Crippen LogP contribution in [0.4, 0.5) is 22.7 Å². The summed E-state index contributed by atoms with van der Waals surface area (Å²) < 4.78 is 0. The summed E-state index contributed by atoms with van der Waals surface area (Å²) in [5, 5.41) is 17.5. The van der Waals surface area contributed by atoms with Crippen LogP contribution in [0.1, 0.15) is 42.5 Å². The number of hydrogen-bond acceptors (Lipinski definition) is 5. The molecule has 2 N–H and O–H groups in total. The second kappa shape index (κ2) is 7.88. The van der Waals surface area contributed by atoms with Gasteiger partial charge in [-0.3, -0.25) is 14.9 Å². The SMILES string of the molecule is O=C(Nc1ccccc1N1CCCCC1)c1ccc(NC2CC2)c([N+](=O)[O-])c1. The number of anilines is 3. The minimum Gasteiger partial charge on any atom is -0.377 e. The van der Waals surface area contributed by atoms with Crippen molar-refractivity contribution in [3.8, 4) is 0 Å². The Hall–Kier alpha value is -3.09. The standard InChI is InChI=1S/C21H24N4O3/c26-21(15-8-11-18(22-16-9-10-16)20(14-15)25(27)28)23-17-6-2-3-7-19(17)24-12-4-1-5-13-24/h2-3,6-8,11,14,16,22H,1,4-5,9-10,12-13H2,(H,23,26). The van der Waals surface area contributed by atoms with Gasteiger partial charge in [-0.05, 0) is 56.4 Å².